The maximum Gasteiger partial charge on any atom is 0.306 e. The van der Waals surface area contributed by atoms with Crippen LogP contribution in [-0.2, 0) is 28.6 Å². The van der Waals surface area contributed by atoms with Gasteiger partial charge in [0.15, 0.2) is 6.10 Å². The van der Waals surface area contributed by atoms with E-state index in [9.17, 15) is 14.4 Å². The fourth-order valence-corrected chi connectivity index (χ4v) is 10.3. The molecule has 1 atom stereocenters. The summed E-state index contributed by atoms with van der Waals surface area (Å²) in [5, 5.41) is 0. The van der Waals surface area contributed by atoms with E-state index in [2.05, 4.69) is 69.4 Å². The van der Waals surface area contributed by atoms with Crippen molar-refractivity contribution in [2.45, 2.75) is 374 Å². The van der Waals surface area contributed by atoms with Crippen molar-refractivity contribution >= 4 is 17.9 Å². The molecule has 0 saturated carbocycles. The minimum Gasteiger partial charge on any atom is -0.462 e. The fraction of sp³-hybridized carbons (Fsp3) is 0.845. The lowest BCUT2D eigenvalue weighted by atomic mass is 10.0. The molecule has 0 heterocycles. The third-order valence-electron chi connectivity index (χ3n) is 15.3. The second kappa shape index (κ2) is 65.9. The van der Waals surface area contributed by atoms with Crippen LogP contribution < -0.4 is 0 Å². The van der Waals surface area contributed by atoms with Crippen LogP contribution in [0.3, 0.4) is 0 Å². The highest BCUT2D eigenvalue weighted by molar-refractivity contribution is 5.71. The van der Waals surface area contributed by atoms with Gasteiger partial charge in [-0.05, 0) is 57.8 Å². The first-order valence-electron chi connectivity index (χ1n) is 34.1. The van der Waals surface area contributed by atoms with Crippen molar-refractivity contribution in [1.82, 2.24) is 0 Å². The molecule has 0 aliphatic heterocycles. The van der Waals surface area contributed by atoms with Crippen LogP contribution in [-0.4, -0.2) is 37.2 Å². The van der Waals surface area contributed by atoms with Crippen LogP contribution >= 0.6 is 0 Å². The monoisotopic (exact) mass is 1080 g/mol. The van der Waals surface area contributed by atoms with E-state index in [-0.39, 0.29) is 31.1 Å². The third-order valence-corrected chi connectivity index (χ3v) is 15.3. The number of hydrogen-bond acceptors (Lipinski definition) is 6. The largest absolute Gasteiger partial charge is 0.462 e. The number of rotatable bonds is 63. The molecule has 1 unspecified atom stereocenters. The van der Waals surface area contributed by atoms with E-state index < -0.39 is 6.10 Å². The molecular formula is C71H130O6. The molecule has 0 radical (unpaired) electrons. The average Bonchev–Trinajstić information content (AvgIpc) is 3.43. The summed E-state index contributed by atoms with van der Waals surface area (Å²) in [7, 11) is 0. The fourth-order valence-electron chi connectivity index (χ4n) is 10.3. The number of ether oxygens (including phenoxy) is 3. The Morgan fingerprint density at radius 3 is 0.792 bits per heavy atom. The molecule has 450 valence electrons. The van der Waals surface area contributed by atoms with Gasteiger partial charge in [-0.25, -0.2) is 0 Å². The van der Waals surface area contributed by atoms with Gasteiger partial charge in [0.2, 0.25) is 0 Å². The zero-order valence-corrected chi connectivity index (χ0v) is 51.7. The molecule has 0 bridgehead atoms. The maximum atomic E-state index is 12.9. The van der Waals surface area contributed by atoms with Gasteiger partial charge in [0, 0.05) is 19.3 Å². The van der Waals surface area contributed by atoms with Crippen molar-refractivity contribution in [3.8, 4) is 0 Å². The van der Waals surface area contributed by atoms with Gasteiger partial charge in [-0.3, -0.25) is 14.4 Å². The Hall–Kier alpha value is -2.63. The van der Waals surface area contributed by atoms with E-state index in [1.165, 1.54) is 244 Å². The topological polar surface area (TPSA) is 78.9 Å². The molecule has 0 aromatic rings. The van der Waals surface area contributed by atoms with Crippen molar-refractivity contribution in [1.29, 1.82) is 0 Å². The van der Waals surface area contributed by atoms with Crippen molar-refractivity contribution in [3.05, 3.63) is 48.6 Å². The van der Waals surface area contributed by atoms with Gasteiger partial charge in [0.05, 0.1) is 0 Å². The van der Waals surface area contributed by atoms with Gasteiger partial charge in [-0.1, -0.05) is 339 Å². The Morgan fingerprint density at radius 2 is 0.506 bits per heavy atom. The predicted molar refractivity (Wildman–Crippen MR) is 335 cm³/mol. The summed E-state index contributed by atoms with van der Waals surface area (Å²) in [6.45, 7) is 6.55. The Bertz CT molecular complexity index is 1330. The molecule has 77 heavy (non-hydrogen) atoms. The Kier molecular flexibility index (Phi) is 63.6. The summed E-state index contributed by atoms with van der Waals surface area (Å²) in [5.74, 6) is -0.848. The molecule has 0 aromatic heterocycles. The average molecular weight is 1080 g/mol. The highest BCUT2D eigenvalue weighted by atomic mass is 16.6. The smallest absolute Gasteiger partial charge is 0.306 e. The Balaban J connectivity index is 4.03. The number of hydrogen-bond donors (Lipinski definition) is 0. The molecule has 0 spiro atoms. The molecule has 6 heteroatoms. The summed E-state index contributed by atoms with van der Waals surface area (Å²) >= 11 is 0. The predicted octanol–water partition coefficient (Wildman–Crippen LogP) is 23.3. The number of allylic oxidation sites excluding steroid dienone is 8. The summed E-state index contributed by atoms with van der Waals surface area (Å²) < 4.78 is 16.9. The van der Waals surface area contributed by atoms with Gasteiger partial charge in [-0.2, -0.15) is 0 Å². The zero-order chi connectivity index (χ0) is 55.7. The van der Waals surface area contributed by atoms with Crippen molar-refractivity contribution in [3.63, 3.8) is 0 Å². The van der Waals surface area contributed by atoms with Gasteiger partial charge in [0.25, 0.3) is 0 Å². The first kappa shape index (κ1) is 74.4. The number of carbonyl (C=O) groups is 3. The van der Waals surface area contributed by atoms with Crippen molar-refractivity contribution in [2.24, 2.45) is 0 Å². The molecular weight excluding hydrogens is 949 g/mol. The normalized spacial score (nSPS) is 12.3. The lowest BCUT2D eigenvalue weighted by Crippen LogP contribution is -2.30. The molecule has 6 nitrogen and oxygen atoms in total. The summed E-state index contributed by atoms with van der Waals surface area (Å²) in [6, 6.07) is 0. The van der Waals surface area contributed by atoms with E-state index in [0.29, 0.717) is 19.3 Å². The minimum absolute atomic E-state index is 0.0670. The first-order valence-corrected chi connectivity index (χ1v) is 34.1. The van der Waals surface area contributed by atoms with E-state index in [4.69, 9.17) is 14.2 Å². The summed E-state index contributed by atoms with van der Waals surface area (Å²) in [4.78, 5) is 38.1. The molecule has 0 amide bonds. The Morgan fingerprint density at radius 1 is 0.273 bits per heavy atom. The van der Waals surface area contributed by atoms with Gasteiger partial charge in [0.1, 0.15) is 13.2 Å². The highest BCUT2D eigenvalue weighted by Crippen LogP contribution is 2.18. The van der Waals surface area contributed by atoms with Crippen LogP contribution in [0.1, 0.15) is 367 Å². The van der Waals surface area contributed by atoms with Gasteiger partial charge >= 0.3 is 17.9 Å². The molecule has 0 fully saturated rings. The second-order valence-corrected chi connectivity index (χ2v) is 23.1. The third kappa shape index (κ3) is 64.1. The second-order valence-electron chi connectivity index (χ2n) is 23.1. The lowest BCUT2D eigenvalue weighted by molar-refractivity contribution is -0.167. The molecule has 0 aromatic carbocycles. The van der Waals surface area contributed by atoms with Crippen LogP contribution in [0.25, 0.3) is 0 Å². The minimum atomic E-state index is -0.767. The SMILES string of the molecule is CC/C=C\C/C=C\C/C=C\C/C=C\CCCCCCCCCCCCCCCCCCC(=O)OCC(COC(=O)CCCCCCCCC)OC(=O)CCCCCCCCCCCCCCCCCCCCCCCCC. The van der Waals surface area contributed by atoms with Crippen LogP contribution in [0.5, 0.6) is 0 Å². The molecule has 0 aliphatic carbocycles. The maximum absolute atomic E-state index is 12.9. The quantitative estimate of drug-likeness (QED) is 0.0261. The van der Waals surface area contributed by atoms with Crippen LogP contribution in [0, 0.1) is 0 Å². The summed E-state index contributed by atoms with van der Waals surface area (Å²) in [6.07, 6.45) is 83.1. The highest BCUT2D eigenvalue weighted by Gasteiger charge is 2.19. The van der Waals surface area contributed by atoms with Crippen molar-refractivity contribution < 1.29 is 28.6 Å². The van der Waals surface area contributed by atoms with Crippen LogP contribution in [0.4, 0.5) is 0 Å². The molecule has 0 aliphatic rings. The van der Waals surface area contributed by atoms with Crippen LogP contribution in [0.15, 0.2) is 48.6 Å². The Labute approximate surface area is 479 Å². The van der Waals surface area contributed by atoms with E-state index in [1.807, 2.05) is 0 Å². The molecule has 0 rings (SSSR count). The van der Waals surface area contributed by atoms with E-state index in [0.717, 1.165) is 83.5 Å². The zero-order valence-electron chi connectivity index (χ0n) is 51.7. The lowest BCUT2D eigenvalue weighted by Gasteiger charge is -2.18. The number of carbonyl (C=O) groups excluding carboxylic acids is 3. The molecule has 0 saturated heterocycles. The standard InChI is InChI=1S/C71H130O6/c1-4-7-10-13-16-18-20-22-24-26-28-30-32-33-34-35-36-37-39-40-42-44-46-48-50-52-55-58-61-64-70(73)76-67-68(66-75-69(72)63-60-57-54-15-12-9-6-3)77-71(74)65-62-59-56-53-51-49-47-45-43-41-38-31-29-27-25-23-21-19-17-14-11-8-5-2/h7,10,16,18,22,24,28,30,68H,4-6,8-9,11-15,17,19-21,23,25-27,29,31-67H2,1-3H3/b10-7-,18-16-,24-22-,30-28-. The van der Waals surface area contributed by atoms with Crippen LogP contribution in [0.2, 0.25) is 0 Å². The summed E-state index contributed by atoms with van der Waals surface area (Å²) in [5.41, 5.74) is 0. The van der Waals surface area contributed by atoms with Crippen molar-refractivity contribution in [2.75, 3.05) is 13.2 Å². The first-order chi connectivity index (χ1) is 38.0. The number of esters is 3. The number of unbranched alkanes of at least 4 members (excludes halogenated alkanes) is 44. The molecule has 0 N–H and O–H groups in total. The van der Waals surface area contributed by atoms with E-state index in [1.54, 1.807) is 0 Å². The van der Waals surface area contributed by atoms with Gasteiger partial charge < -0.3 is 14.2 Å². The van der Waals surface area contributed by atoms with E-state index >= 15 is 0 Å². The van der Waals surface area contributed by atoms with Gasteiger partial charge in [-0.15, -0.1) is 0 Å².